The summed E-state index contributed by atoms with van der Waals surface area (Å²) in [5.41, 5.74) is 4.08. The van der Waals surface area contributed by atoms with Crippen molar-refractivity contribution in [3.63, 3.8) is 0 Å². The molecule has 1 heterocycles. The molecule has 6 heteroatoms. The summed E-state index contributed by atoms with van der Waals surface area (Å²) in [6.07, 6.45) is 1.02. The Morgan fingerprint density at radius 1 is 1.06 bits per heavy atom. The van der Waals surface area contributed by atoms with Gasteiger partial charge in [-0.25, -0.2) is 4.79 Å². The molecule has 4 nitrogen and oxygen atoms in total. The van der Waals surface area contributed by atoms with Crippen LogP contribution in [0.4, 0.5) is 0 Å². The number of benzene rings is 2. The lowest BCUT2D eigenvalue weighted by molar-refractivity contribution is -0.138. The second-order valence-electron chi connectivity index (χ2n) is 7.78. The van der Waals surface area contributed by atoms with Crippen LogP contribution in [0, 0.1) is 0 Å². The lowest BCUT2D eigenvalue weighted by atomic mass is 9.71. The summed E-state index contributed by atoms with van der Waals surface area (Å²) in [6, 6.07) is 15.2. The molecular weight excluding hydrogens is 433 g/mol. The van der Waals surface area contributed by atoms with Gasteiger partial charge in [0.15, 0.2) is 5.78 Å². The van der Waals surface area contributed by atoms with Crippen LogP contribution in [0.3, 0.4) is 0 Å². The molecule has 2 aliphatic rings. The number of hydrogen-bond donors (Lipinski definition) is 1. The first kappa shape index (κ1) is 21.7. The van der Waals surface area contributed by atoms with E-state index in [2.05, 4.69) is 5.32 Å². The van der Waals surface area contributed by atoms with E-state index in [0.717, 1.165) is 11.3 Å². The minimum atomic E-state index is -0.666. The number of ketones is 1. The van der Waals surface area contributed by atoms with Gasteiger partial charge in [0.25, 0.3) is 0 Å². The number of allylic oxidation sites excluding steroid dienone is 3. The van der Waals surface area contributed by atoms with Gasteiger partial charge in [-0.3, -0.25) is 4.79 Å². The van der Waals surface area contributed by atoms with Crippen LogP contribution in [0.5, 0.6) is 0 Å². The Bertz CT molecular complexity index is 1080. The lowest BCUT2D eigenvalue weighted by Crippen LogP contribution is -2.36. The van der Waals surface area contributed by atoms with Crippen molar-refractivity contribution in [2.75, 3.05) is 6.61 Å². The summed E-state index contributed by atoms with van der Waals surface area (Å²) in [6.45, 7) is 3.81. The van der Waals surface area contributed by atoms with Gasteiger partial charge in [-0.2, -0.15) is 0 Å². The van der Waals surface area contributed by atoms with Crippen LogP contribution < -0.4 is 5.32 Å². The lowest BCUT2D eigenvalue weighted by Gasteiger charge is -2.37. The van der Waals surface area contributed by atoms with E-state index in [9.17, 15) is 9.59 Å². The van der Waals surface area contributed by atoms with Crippen LogP contribution in [-0.4, -0.2) is 18.4 Å². The molecule has 0 radical (unpaired) electrons. The maximum atomic E-state index is 13.5. The van der Waals surface area contributed by atoms with Gasteiger partial charge in [0.05, 0.1) is 18.1 Å². The van der Waals surface area contributed by atoms with E-state index in [1.807, 2.05) is 37.3 Å². The number of esters is 1. The van der Waals surface area contributed by atoms with Gasteiger partial charge in [-0.15, -0.1) is 0 Å². The highest BCUT2D eigenvalue weighted by atomic mass is 35.5. The average Bonchev–Trinajstić information content (AvgIpc) is 2.73. The molecule has 0 saturated heterocycles. The van der Waals surface area contributed by atoms with E-state index in [1.165, 1.54) is 0 Å². The van der Waals surface area contributed by atoms with Gasteiger partial charge in [0.1, 0.15) is 0 Å². The normalized spacial score (nSPS) is 21.0. The standard InChI is InChI=1S/C25H23Cl2NO3/c1-3-31-25(30)21-14(2)28-19-12-16(15-8-5-4-6-9-15)13-20(29)23(19)24(21)22-17(26)10-7-11-18(22)27/h4-11,16,24,28H,3,12-13H2,1-2H3. The number of rotatable bonds is 4. The molecule has 2 aromatic carbocycles. The molecule has 1 aliphatic heterocycles. The highest BCUT2D eigenvalue weighted by Crippen LogP contribution is 2.48. The van der Waals surface area contributed by atoms with Gasteiger partial charge in [-0.1, -0.05) is 59.6 Å². The number of nitrogens with one attached hydrogen (secondary N) is 1. The molecule has 0 saturated carbocycles. The summed E-state index contributed by atoms with van der Waals surface area (Å²) in [5, 5.41) is 4.16. The molecule has 4 rings (SSSR count). The third-order valence-corrected chi connectivity index (χ3v) is 6.54. The topological polar surface area (TPSA) is 55.4 Å². The predicted octanol–water partition coefficient (Wildman–Crippen LogP) is 5.92. The van der Waals surface area contributed by atoms with Crippen molar-refractivity contribution in [2.45, 2.75) is 38.5 Å². The molecular formula is C25H23Cl2NO3. The van der Waals surface area contributed by atoms with Crippen molar-refractivity contribution < 1.29 is 14.3 Å². The quantitative estimate of drug-likeness (QED) is 0.581. The molecule has 1 aliphatic carbocycles. The average molecular weight is 456 g/mol. The molecule has 0 fully saturated rings. The maximum Gasteiger partial charge on any atom is 0.336 e. The predicted molar refractivity (Wildman–Crippen MR) is 122 cm³/mol. The fourth-order valence-electron chi connectivity index (χ4n) is 4.55. The second kappa shape index (κ2) is 8.89. The van der Waals surface area contributed by atoms with E-state index in [-0.39, 0.29) is 18.3 Å². The molecule has 0 spiro atoms. The molecule has 31 heavy (non-hydrogen) atoms. The van der Waals surface area contributed by atoms with Crippen molar-refractivity contribution in [1.29, 1.82) is 0 Å². The van der Waals surface area contributed by atoms with Gasteiger partial charge in [0, 0.05) is 39.0 Å². The first-order valence-corrected chi connectivity index (χ1v) is 11.1. The van der Waals surface area contributed by atoms with Crippen LogP contribution in [0.25, 0.3) is 0 Å². The molecule has 2 aromatic rings. The zero-order valence-corrected chi connectivity index (χ0v) is 18.9. The summed E-state index contributed by atoms with van der Waals surface area (Å²) in [4.78, 5) is 26.4. The highest BCUT2D eigenvalue weighted by molar-refractivity contribution is 6.36. The Labute approximate surface area is 191 Å². The Morgan fingerprint density at radius 3 is 2.39 bits per heavy atom. The van der Waals surface area contributed by atoms with Crippen molar-refractivity contribution in [3.8, 4) is 0 Å². The largest absolute Gasteiger partial charge is 0.463 e. The maximum absolute atomic E-state index is 13.5. The van der Waals surface area contributed by atoms with E-state index in [0.29, 0.717) is 45.3 Å². The van der Waals surface area contributed by atoms with Gasteiger partial charge in [-0.05, 0) is 43.9 Å². The van der Waals surface area contributed by atoms with Crippen LogP contribution in [-0.2, 0) is 14.3 Å². The third kappa shape index (κ3) is 4.02. The van der Waals surface area contributed by atoms with E-state index < -0.39 is 11.9 Å². The monoisotopic (exact) mass is 455 g/mol. The van der Waals surface area contributed by atoms with Crippen molar-refractivity contribution in [2.24, 2.45) is 0 Å². The summed E-state index contributed by atoms with van der Waals surface area (Å²) >= 11 is 13.1. The molecule has 1 N–H and O–H groups in total. The second-order valence-corrected chi connectivity index (χ2v) is 8.60. The first-order chi connectivity index (χ1) is 14.9. The van der Waals surface area contributed by atoms with Gasteiger partial charge >= 0.3 is 5.97 Å². The number of ether oxygens (including phenoxy) is 1. The minimum Gasteiger partial charge on any atom is -0.463 e. The third-order valence-electron chi connectivity index (χ3n) is 5.88. The fraction of sp³-hybridized carbons (Fsp3) is 0.280. The summed E-state index contributed by atoms with van der Waals surface area (Å²) in [7, 11) is 0. The highest BCUT2D eigenvalue weighted by Gasteiger charge is 2.42. The van der Waals surface area contributed by atoms with Gasteiger partial charge < -0.3 is 10.1 Å². The molecule has 0 amide bonds. The Hall–Kier alpha value is -2.56. The number of carbonyl (C=O) groups is 2. The number of Topliss-reactive ketones (excluding diaryl/α,β-unsaturated/α-hetero) is 1. The number of dihydropyridines is 1. The number of hydrogen-bond acceptors (Lipinski definition) is 4. The number of carbonyl (C=O) groups excluding carboxylic acids is 2. The van der Waals surface area contributed by atoms with Crippen LogP contribution in [0.15, 0.2) is 71.1 Å². The smallest absolute Gasteiger partial charge is 0.336 e. The fourth-order valence-corrected chi connectivity index (χ4v) is 5.17. The summed E-state index contributed by atoms with van der Waals surface area (Å²) in [5.74, 6) is -1.09. The summed E-state index contributed by atoms with van der Waals surface area (Å²) < 4.78 is 5.33. The Morgan fingerprint density at radius 2 is 1.74 bits per heavy atom. The Balaban J connectivity index is 1.86. The van der Waals surface area contributed by atoms with Crippen LogP contribution in [0.1, 0.15) is 49.7 Å². The first-order valence-electron chi connectivity index (χ1n) is 10.3. The minimum absolute atomic E-state index is 0.0158. The van der Waals surface area contributed by atoms with Crippen LogP contribution >= 0.6 is 23.2 Å². The zero-order valence-electron chi connectivity index (χ0n) is 17.4. The van der Waals surface area contributed by atoms with Crippen molar-refractivity contribution in [3.05, 3.63) is 92.2 Å². The van der Waals surface area contributed by atoms with Crippen molar-refractivity contribution >= 4 is 35.0 Å². The molecule has 160 valence electrons. The van der Waals surface area contributed by atoms with Crippen LogP contribution in [0.2, 0.25) is 10.0 Å². The SMILES string of the molecule is CCOC(=O)C1=C(C)NC2=C(C(=O)CC(c3ccccc3)C2)C1c1c(Cl)cccc1Cl. The molecule has 2 unspecified atom stereocenters. The van der Waals surface area contributed by atoms with E-state index in [1.54, 1.807) is 25.1 Å². The van der Waals surface area contributed by atoms with E-state index in [4.69, 9.17) is 27.9 Å². The van der Waals surface area contributed by atoms with Crippen molar-refractivity contribution in [1.82, 2.24) is 5.32 Å². The zero-order chi connectivity index (χ0) is 22.1. The Kier molecular flexibility index (Phi) is 6.22. The number of halogens is 2. The molecule has 0 bridgehead atoms. The molecule has 2 atom stereocenters. The van der Waals surface area contributed by atoms with Gasteiger partial charge in [0.2, 0.25) is 0 Å². The molecule has 0 aromatic heterocycles. The van der Waals surface area contributed by atoms with E-state index >= 15 is 0 Å².